The summed E-state index contributed by atoms with van der Waals surface area (Å²) in [5, 5.41) is 0.371. The van der Waals surface area contributed by atoms with Gasteiger partial charge in [0.15, 0.2) is 5.52 Å². The van der Waals surface area contributed by atoms with E-state index in [4.69, 9.17) is 4.74 Å². The molecule has 0 aliphatic rings. The minimum absolute atomic E-state index is 0.371. The van der Waals surface area contributed by atoms with E-state index in [1.807, 2.05) is 0 Å². The molecule has 0 bridgehead atoms. The number of hydrogen-bond donors (Lipinski definition) is 0. The van der Waals surface area contributed by atoms with E-state index in [9.17, 15) is 31.1 Å². The van der Waals surface area contributed by atoms with Crippen molar-refractivity contribution in [3.63, 3.8) is 0 Å². The Balaban J connectivity index is 2.26. The van der Waals surface area contributed by atoms with Gasteiger partial charge in [-0.2, -0.15) is 26.3 Å². The number of halogens is 6. The maximum Gasteiger partial charge on any atom is 0.417 e. The second-order valence-electron chi connectivity index (χ2n) is 7.88. The van der Waals surface area contributed by atoms with Crippen LogP contribution in [0.15, 0.2) is 36.4 Å². The molecule has 0 aromatic heterocycles. The summed E-state index contributed by atoms with van der Waals surface area (Å²) in [5.41, 5.74) is -5.14. The molecule has 2 unspecified atom stereocenters. The van der Waals surface area contributed by atoms with Gasteiger partial charge in [-0.25, -0.2) is 0 Å². The van der Waals surface area contributed by atoms with Crippen LogP contribution in [0.1, 0.15) is 66.6 Å². The minimum Gasteiger partial charge on any atom is -0.493 e. The van der Waals surface area contributed by atoms with Crippen molar-refractivity contribution in [1.29, 1.82) is 0 Å². The summed E-state index contributed by atoms with van der Waals surface area (Å²) < 4.78 is 86.1. The van der Waals surface area contributed by atoms with E-state index in [0.29, 0.717) is 47.3 Å². The molecule has 0 spiro atoms. The van der Waals surface area contributed by atoms with Crippen LogP contribution in [-0.2, 0) is 12.4 Å². The zero-order valence-electron chi connectivity index (χ0n) is 18.7. The van der Waals surface area contributed by atoms with Crippen LogP contribution in [0.25, 0.3) is 0 Å². The molecule has 0 heterocycles. The lowest BCUT2D eigenvalue weighted by molar-refractivity contribution is -0.143. The Morgan fingerprint density at radius 2 is 1.61 bits per heavy atom. The molecule has 0 amide bonds. The molecule has 0 radical (unpaired) electrons. The predicted molar refractivity (Wildman–Crippen MR) is 119 cm³/mol. The molecule has 0 fully saturated rings. The average molecular weight is 492 g/mol. The van der Waals surface area contributed by atoms with Crippen molar-refractivity contribution in [1.82, 2.24) is 0 Å². The fourth-order valence-electron chi connectivity index (χ4n) is 3.43. The Morgan fingerprint density at radius 1 is 1.00 bits per heavy atom. The molecule has 0 aliphatic heterocycles. The summed E-state index contributed by atoms with van der Waals surface area (Å²) in [6.07, 6.45) is -5.98. The maximum absolute atomic E-state index is 13.4. The molecule has 33 heavy (non-hydrogen) atoms. The maximum atomic E-state index is 13.4. The first-order valence-corrected chi connectivity index (χ1v) is 11.7. The van der Waals surface area contributed by atoms with Crippen LogP contribution in [0.5, 0.6) is 5.75 Å². The molecule has 0 N–H and O–H groups in total. The highest BCUT2D eigenvalue weighted by atomic mass is 31.1. The zero-order valence-corrected chi connectivity index (χ0v) is 19.7. The van der Waals surface area contributed by atoms with Crippen molar-refractivity contribution >= 4 is 19.4 Å². The second-order valence-corrected chi connectivity index (χ2v) is 9.12. The smallest absolute Gasteiger partial charge is 0.417 e. The summed E-state index contributed by atoms with van der Waals surface area (Å²) in [6.45, 7) is 6.36. The number of alkyl halides is 6. The summed E-state index contributed by atoms with van der Waals surface area (Å²) >= 11 is 0. The number of unbranched alkanes of at least 4 members (excludes halogenated alkanes) is 1. The number of hydrogen-bond acceptors (Lipinski definition) is 2. The van der Waals surface area contributed by atoms with Gasteiger partial charge in [0.05, 0.1) is 17.7 Å². The Kier molecular flexibility index (Phi) is 9.36. The molecule has 2 aromatic rings. The van der Waals surface area contributed by atoms with Gasteiger partial charge in [0, 0.05) is 5.56 Å². The van der Waals surface area contributed by atoms with E-state index in [2.05, 4.69) is 13.8 Å². The highest BCUT2D eigenvalue weighted by Crippen LogP contribution is 2.41. The van der Waals surface area contributed by atoms with Gasteiger partial charge in [-0.15, -0.1) is 0 Å². The van der Waals surface area contributed by atoms with Gasteiger partial charge in [-0.1, -0.05) is 45.2 Å². The van der Waals surface area contributed by atoms with Crippen molar-refractivity contribution in [3.05, 3.63) is 58.7 Å². The number of ether oxygens (including phenoxy) is 1. The highest BCUT2D eigenvalue weighted by molar-refractivity contribution is 7.66. The molecule has 0 saturated carbocycles. The van der Waals surface area contributed by atoms with Gasteiger partial charge in [0.2, 0.25) is 0 Å². The fourth-order valence-corrected chi connectivity index (χ4v) is 4.51. The summed E-state index contributed by atoms with van der Waals surface area (Å²) in [6, 6.07) is 6.43. The fraction of sp³-hybridized carbons (Fsp3) is 0.458. The van der Waals surface area contributed by atoms with E-state index >= 15 is 0 Å². The number of carbonyl (C=O) groups is 1. The molecular formula is C24H27F6O2P. The molecule has 2 aromatic carbocycles. The first-order valence-electron chi connectivity index (χ1n) is 10.7. The second kappa shape index (κ2) is 11.4. The van der Waals surface area contributed by atoms with Crippen molar-refractivity contribution in [2.24, 2.45) is 5.92 Å². The molecular weight excluding hydrogens is 465 g/mol. The molecule has 0 aliphatic carbocycles. The van der Waals surface area contributed by atoms with Gasteiger partial charge in [-0.3, -0.25) is 4.79 Å². The SMILES string of the molecule is CCCCC(CC)COc1ccc(PC(=O)c2c(C(F)(F)F)cccc2C(F)(F)F)c(C)c1. The van der Waals surface area contributed by atoms with Gasteiger partial charge < -0.3 is 4.74 Å². The standard InChI is InChI=1S/C24H27F6O2P/c1-4-6-8-16(5-2)14-32-17-11-12-20(15(3)13-17)33-22(31)21-18(23(25,26)27)9-7-10-19(21)24(28,29)30/h7,9-13,16,33H,4-6,8,14H2,1-3H3. The molecule has 0 saturated heterocycles. The quantitative estimate of drug-likeness (QED) is 0.250. The van der Waals surface area contributed by atoms with Crippen LogP contribution in [0.3, 0.4) is 0 Å². The molecule has 2 rings (SSSR count). The number of rotatable bonds is 10. The minimum atomic E-state index is -5.09. The topological polar surface area (TPSA) is 26.3 Å². The van der Waals surface area contributed by atoms with Gasteiger partial charge in [-0.05, 0) is 63.0 Å². The van der Waals surface area contributed by atoms with Crippen molar-refractivity contribution in [2.45, 2.75) is 58.8 Å². The van der Waals surface area contributed by atoms with Crippen LogP contribution in [0, 0.1) is 12.8 Å². The third kappa shape index (κ3) is 7.46. The van der Waals surface area contributed by atoms with Crippen LogP contribution < -0.4 is 10.0 Å². The summed E-state index contributed by atoms with van der Waals surface area (Å²) in [4.78, 5) is 12.7. The van der Waals surface area contributed by atoms with Crippen LogP contribution >= 0.6 is 8.58 Å². The molecule has 2 nitrogen and oxygen atoms in total. The number of carbonyl (C=O) groups excluding carboxylic acids is 1. The Bertz CT molecular complexity index is 921. The number of benzene rings is 2. The van der Waals surface area contributed by atoms with Gasteiger partial charge in [0.25, 0.3) is 0 Å². The Hall–Kier alpha value is -2.08. The van der Waals surface area contributed by atoms with Gasteiger partial charge >= 0.3 is 12.4 Å². The van der Waals surface area contributed by atoms with Gasteiger partial charge in [0.1, 0.15) is 5.75 Å². The zero-order chi connectivity index (χ0) is 24.8. The summed E-state index contributed by atoms with van der Waals surface area (Å²) in [7, 11) is -0.895. The third-order valence-electron chi connectivity index (χ3n) is 5.38. The van der Waals surface area contributed by atoms with E-state index in [-0.39, 0.29) is 0 Å². The van der Waals surface area contributed by atoms with Crippen LogP contribution in [0.2, 0.25) is 0 Å². The Morgan fingerprint density at radius 3 is 2.09 bits per heavy atom. The molecule has 2 atom stereocenters. The van der Waals surface area contributed by atoms with E-state index in [1.54, 1.807) is 19.1 Å². The Labute approximate surface area is 191 Å². The van der Waals surface area contributed by atoms with E-state index < -0.39 is 43.1 Å². The van der Waals surface area contributed by atoms with E-state index in [0.717, 1.165) is 25.7 Å². The van der Waals surface area contributed by atoms with Crippen molar-refractivity contribution in [2.75, 3.05) is 6.61 Å². The normalized spacial score (nSPS) is 13.5. The first-order chi connectivity index (χ1) is 15.4. The predicted octanol–water partition coefficient (Wildman–Crippen LogP) is 7.77. The summed E-state index contributed by atoms with van der Waals surface area (Å²) in [5.74, 6) is 0.947. The van der Waals surface area contributed by atoms with E-state index in [1.165, 1.54) is 6.07 Å². The highest BCUT2D eigenvalue weighted by Gasteiger charge is 2.42. The lowest BCUT2D eigenvalue weighted by Gasteiger charge is -2.18. The largest absolute Gasteiger partial charge is 0.493 e. The molecule has 9 heteroatoms. The number of aryl methyl sites for hydroxylation is 1. The lowest BCUT2D eigenvalue weighted by Crippen LogP contribution is -2.19. The van der Waals surface area contributed by atoms with Crippen molar-refractivity contribution in [3.8, 4) is 5.75 Å². The average Bonchev–Trinajstić information content (AvgIpc) is 2.73. The van der Waals surface area contributed by atoms with Crippen LogP contribution in [0.4, 0.5) is 26.3 Å². The lowest BCUT2D eigenvalue weighted by atomic mass is 10.0. The van der Waals surface area contributed by atoms with Crippen molar-refractivity contribution < 1.29 is 35.9 Å². The first kappa shape index (κ1) is 27.2. The van der Waals surface area contributed by atoms with Crippen LogP contribution in [-0.4, -0.2) is 12.1 Å². The third-order valence-corrected chi connectivity index (χ3v) is 6.68. The monoisotopic (exact) mass is 492 g/mol. The molecule has 182 valence electrons.